The minimum atomic E-state index is -1.15. The molecule has 24 heavy (non-hydrogen) atoms. The molecule has 2 heterocycles. The first-order valence-electron chi connectivity index (χ1n) is 7.65. The average molecular weight is 346 g/mol. The highest BCUT2D eigenvalue weighted by Crippen LogP contribution is 2.36. The molecule has 1 aliphatic rings. The molecule has 0 bridgehead atoms. The van der Waals surface area contributed by atoms with E-state index in [0.717, 1.165) is 11.3 Å². The first-order chi connectivity index (χ1) is 11.6. The van der Waals surface area contributed by atoms with Gasteiger partial charge >= 0.3 is 5.97 Å². The number of carboxylic acids is 1. The lowest BCUT2D eigenvalue weighted by atomic mass is 10.0. The van der Waals surface area contributed by atoms with Crippen LogP contribution in [0.1, 0.15) is 29.0 Å². The predicted octanol–water partition coefficient (Wildman–Crippen LogP) is 1.68. The van der Waals surface area contributed by atoms with Gasteiger partial charge in [-0.25, -0.2) is 9.48 Å². The fourth-order valence-corrected chi connectivity index (χ4v) is 4.06. The maximum Gasteiger partial charge on any atom is 0.358 e. The molecule has 2 unspecified atom stereocenters. The van der Waals surface area contributed by atoms with Crippen LogP contribution in [-0.4, -0.2) is 54.4 Å². The zero-order chi connectivity index (χ0) is 17.1. The molecule has 1 saturated heterocycles. The highest BCUT2D eigenvalue weighted by atomic mass is 32.2. The predicted molar refractivity (Wildman–Crippen MR) is 89.8 cm³/mol. The Morgan fingerprint density at radius 3 is 2.75 bits per heavy atom. The van der Waals surface area contributed by atoms with Crippen LogP contribution in [0.5, 0.6) is 0 Å². The second-order valence-electron chi connectivity index (χ2n) is 5.63. The molecule has 1 amide bonds. The number of amides is 1. The number of nitrogens with zero attached hydrogens (tertiary/aromatic N) is 4. The quantitative estimate of drug-likeness (QED) is 0.906. The van der Waals surface area contributed by atoms with Gasteiger partial charge in [0.25, 0.3) is 0 Å². The minimum Gasteiger partial charge on any atom is -0.476 e. The molecule has 0 aliphatic carbocycles. The van der Waals surface area contributed by atoms with Crippen LogP contribution in [0.3, 0.4) is 0 Å². The van der Waals surface area contributed by atoms with Crippen LogP contribution in [0.4, 0.5) is 0 Å². The van der Waals surface area contributed by atoms with Crippen molar-refractivity contribution in [2.45, 2.75) is 24.8 Å². The Hall–Kier alpha value is -2.35. The van der Waals surface area contributed by atoms with Crippen molar-refractivity contribution in [3.63, 3.8) is 0 Å². The van der Waals surface area contributed by atoms with Gasteiger partial charge in [0.1, 0.15) is 6.54 Å². The third-order valence-electron chi connectivity index (χ3n) is 4.01. The number of carbonyl (C=O) groups excluding carboxylic acids is 1. The highest BCUT2D eigenvalue weighted by Gasteiger charge is 2.33. The number of carbonyl (C=O) groups is 2. The Kier molecular flexibility index (Phi) is 4.84. The second-order valence-corrected chi connectivity index (χ2v) is 7.11. The van der Waals surface area contributed by atoms with Gasteiger partial charge in [-0.3, -0.25) is 4.79 Å². The van der Waals surface area contributed by atoms with Crippen LogP contribution in [0.15, 0.2) is 36.5 Å². The normalized spacial score (nSPS) is 20.8. The molecule has 1 aromatic heterocycles. The first kappa shape index (κ1) is 16.5. The lowest BCUT2D eigenvalue weighted by Gasteiger charge is -2.40. The number of benzene rings is 1. The largest absolute Gasteiger partial charge is 0.476 e. The van der Waals surface area contributed by atoms with E-state index in [1.54, 1.807) is 0 Å². The van der Waals surface area contributed by atoms with Crippen molar-refractivity contribution in [1.82, 2.24) is 19.9 Å². The van der Waals surface area contributed by atoms with E-state index in [1.807, 2.05) is 47.0 Å². The van der Waals surface area contributed by atoms with E-state index in [2.05, 4.69) is 17.2 Å². The molecular weight excluding hydrogens is 328 g/mol. The SMILES string of the molecule is CC1SCCN(C(=O)Cn2cc(C(=O)O)nn2)C1c1ccccc1. The van der Waals surface area contributed by atoms with Gasteiger partial charge in [-0.1, -0.05) is 42.5 Å². The van der Waals surface area contributed by atoms with Gasteiger partial charge in [-0.2, -0.15) is 11.8 Å². The molecule has 1 N–H and O–H groups in total. The van der Waals surface area contributed by atoms with Crippen LogP contribution in [0.25, 0.3) is 0 Å². The van der Waals surface area contributed by atoms with Crippen molar-refractivity contribution in [2.75, 3.05) is 12.3 Å². The van der Waals surface area contributed by atoms with E-state index in [0.29, 0.717) is 6.54 Å². The summed E-state index contributed by atoms with van der Waals surface area (Å²) < 4.78 is 1.28. The Morgan fingerprint density at radius 1 is 1.33 bits per heavy atom. The van der Waals surface area contributed by atoms with E-state index in [4.69, 9.17) is 5.11 Å². The highest BCUT2D eigenvalue weighted by molar-refractivity contribution is 8.00. The molecule has 1 fully saturated rings. The van der Waals surface area contributed by atoms with Gasteiger partial charge in [0.15, 0.2) is 5.69 Å². The van der Waals surface area contributed by atoms with Crippen LogP contribution in [-0.2, 0) is 11.3 Å². The van der Waals surface area contributed by atoms with Crippen molar-refractivity contribution in [1.29, 1.82) is 0 Å². The van der Waals surface area contributed by atoms with Crippen molar-refractivity contribution < 1.29 is 14.7 Å². The summed E-state index contributed by atoms with van der Waals surface area (Å²) in [4.78, 5) is 25.5. The average Bonchev–Trinajstić information content (AvgIpc) is 3.04. The molecule has 1 aliphatic heterocycles. The molecule has 126 valence electrons. The Bertz CT molecular complexity index is 734. The fraction of sp³-hybridized carbons (Fsp3) is 0.375. The van der Waals surface area contributed by atoms with E-state index in [-0.39, 0.29) is 29.4 Å². The van der Waals surface area contributed by atoms with Crippen molar-refractivity contribution in [3.05, 3.63) is 47.8 Å². The fourth-order valence-electron chi connectivity index (χ4n) is 2.90. The Morgan fingerprint density at radius 2 is 2.08 bits per heavy atom. The van der Waals surface area contributed by atoms with Gasteiger partial charge in [-0.05, 0) is 5.56 Å². The van der Waals surface area contributed by atoms with Crippen LogP contribution < -0.4 is 0 Å². The van der Waals surface area contributed by atoms with Gasteiger partial charge in [0.2, 0.25) is 5.91 Å². The van der Waals surface area contributed by atoms with Crippen LogP contribution >= 0.6 is 11.8 Å². The number of hydrogen-bond acceptors (Lipinski definition) is 5. The standard InChI is InChI=1S/C16H18N4O3S/c1-11-15(12-5-3-2-4-6-12)20(7-8-24-11)14(21)10-19-9-13(16(22)23)17-18-19/h2-6,9,11,15H,7-8,10H2,1H3,(H,22,23). The van der Waals surface area contributed by atoms with Crippen LogP contribution in [0.2, 0.25) is 0 Å². The smallest absolute Gasteiger partial charge is 0.358 e. The summed E-state index contributed by atoms with van der Waals surface area (Å²) in [7, 11) is 0. The summed E-state index contributed by atoms with van der Waals surface area (Å²) in [5.74, 6) is -0.356. The summed E-state index contributed by atoms with van der Waals surface area (Å²) in [6, 6.07) is 9.97. The first-order valence-corrected chi connectivity index (χ1v) is 8.70. The number of carboxylic acid groups (broad SMARTS) is 1. The third-order valence-corrected chi connectivity index (χ3v) is 5.21. The number of aromatic nitrogens is 3. The topological polar surface area (TPSA) is 88.3 Å². The summed E-state index contributed by atoms with van der Waals surface area (Å²) >= 11 is 1.85. The number of hydrogen-bond donors (Lipinski definition) is 1. The monoisotopic (exact) mass is 346 g/mol. The second kappa shape index (κ2) is 7.04. The lowest BCUT2D eigenvalue weighted by Crippen LogP contribution is -2.45. The molecule has 8 heteroatoms. The molecule has 0 spiro atoms. The molecule has 3 rings (SSSR count). The maximum atomic E-state index is 12.8. The van der Waals surface area contributed by atoms with Gasteiger partial charge in [0.05, 0.1) is 12.2 Å². The van der Waals surface area contributed by atoms with Crippen LogP contribution in [0, 0.1) is 0 Å². The molecule has 2 atom stereocenters. The zero-order valence-corrected chi connectivity index (χ0v) is 14.0. The molecule has 0 saturated carbocycles. The molecule has 2 aromatic rings. The Labute approximate surface area is 143 Å². The van der Waals surface area contributed by atoms with E-state index >= 15 is 0 Å². The number of thioether (sulfide) groups is 1. The van der Waals surface area contributed by atoms with Gasteiger partial charge < -0.3 is 10.0 Å². The summed E-state index contributed by atoms with van der Waals surface area (Å²) in [5.41, 5.74) is 0.945. The summed E-state index contributed by atoms with van der Waals surface area (Å²) in [5, 5.41) is 16.4. The van der Waals surface area contributed by atoms with E-state index < -0.39 is 5.97 Å². The molecule has 0 radical (unpaired) electrons. The maximum absolute atomic E-state index is 12.8. The zero-order valence-electron chi connectivity index (χ0n) is 13.2. The number of aromatic carboxylic acids is 1. The molecular formula is C16H18N4O3S. The summed E-state index contributed by atoms with van der Waals surface area (Å²) in [6.45, 7) is 2.77. The summed E-state index contributed by atoms with van der Waals surface area (Å²) in [6.07, 6.45) is 1.28. The lowest BCUT2D eigenvalue weighted by molar-refractivity contribution is -0.134. The van der Waals surface area contributed by atoms with Crippen molar-refractivity contribution in [3.8, 4) is 0 Å². The number of rotatable bonds is 4. The minimum absolute atomic E-state index is 0.0000782. The molecule has 7 nitrogen and oxygen atoms in total. The van der Waals surface area contributed by atoms with E-state index in [9.17, 15) is 9.59 Å². The molecule has 1 aromatic carbocycles. The van der Waals surface area contributed by atoms with Crippen molar-refractivity contribution in [2.24, 2.45) is 0 Å². The third kappa shape index (κ3) is 3.43. The van der Waals surface area contributed by atoms with Crippen molar-refractivity contribution >= 4 is 23.6 Å². The van der Waals surface area contributed by atoms with Gasteiger partial charge in [0, 0.05) is 17.5 Å². The van der Waals surface area contributed by atoms with E-state index in [1.165, 1.54) is 10.9 Å². The Balaban J connectivity index is 1.79. The van der Waals surface area contributed by atoms with Gasteiger partial charge in [-0.15, -0.1) is 5.10 Å².